The number of carbonyl (C=O) groups is 1. The molecule has 2 rings (SSSR count). The quantitative estimate of drug-likeness (QED) is 0.481. The minimum Gasteiger partial charge on any atom is -0.463 e. The van der Waals surface area contributed by atoms with E-state index in [9.17, 15) is 14.9 Å². The highest BCUT2D eigenvalue weighted by atomic mass is 35.5. The van der Waals surface area contributed by atoms with Gasteiger partial charge in [0.15, 0.2) is 0 Å². The molecule has 21 heavy (non-hydrogen) atoms. The van der Waals surface area contributed by atoms with Gasteiger partial charge in [-0.15, -0.1) is 0 Å². The summed E-state index contributed by atoms with van der Waals surface area (Å²) in [6.07, 6.45) is 3.05. The van der Waals surface area contributed by atoms with Gasteiger partial charge in [0.2, 0.25) is 0 Å². The van der Waals surface area contributed by atoms with Gasteiger partial charge in [-0.25, -0.2) is 4.79 Å². The Kier molecular flexibility index (Phi) is 4.75. The van der Waals surface area contributed by atoms with E-state index in [-0.39, 0.29) is 12.3 Å². The molecule has 0 saturated heterocycles. The molecule has 0 amide bonds. The molecule has 110 valence electrons. The van der Waals surface area contributed by atoms with E-state index in [0.717, 1.165) is 0 Å². The van der Waals surface area contributed by atoms with Crippen molar-refractivity contribution in [2.24, 2.45) is 0 Å². The number of non-ortho nitro benzene ring substituents is 1. The maximum atomic E-state index is 12.0. The third-order valence-corrected chi connectivity index (χ3v) is 3.49. The third kappa shape index (κ3) is 3.31. The predicted molar refractivity (Wildman–Crippen MR) is 79.8 cm³/mol. The molecule has 0 unspecified atom stereocenters. The Bertz CT molecular complexity index is 632. The number of esters is 1. The van der Waals surface area contributed by atoms with E-state index in [4.69, 9.17) is 16.3 Å². The van der Waals surface area contributed by atoms with Gasteiger partial charge in [-0.05, 0) is 37.5 Å². The van der Waals surface area contributed by atoms with E-state index in [1.165, 1.54) is 12.1 Å². The molecule has 0 aromatic heterocycles. The van der Waals surface area contributed by atoms with Crippen molar-refractivity contribution < 1.29 is 14.5 Å². The molecule has 1 aliphatic rings. The Morgan fingerprint density at radius 2 is 2.05 bits per heavy atom. The average molecular weight is 308 g/mol. The van der Waals surface area contributed by atoms with Gasteiger partial charge in [0.05, 0.1) is 11.5 Å². The molecule has 1 aromatic rings. The van der Waals surface area contributed by atoms with Crippen molar-refractivity contribution >= 4 is 28.8 Å². The molecule has 5 nitrogen and oxygen atoms in total. The molecular formula is C15H14ClNO4. The van der Waals surface area contributed by atoms with Crippen molar-refractivity contribution in [3.05, 3.63) is 56.6 Å². The predicted octanol–water partition coefficient (Wildman–Crippen LogP) is 3.83. The van der Waals surface area contributed by atoms with Gasteiger partial charge >= 0.3 is 5.97 Å². The molecule has 0 bridgehead atoms. The van der Waals surface area contributed by atoms with Crippen molar-refractivity contribution in [2.45, 2.75) is 19.8 Å². The highest BCUT2D eigenvalue weighted by molar-refractivity contribution is 6.38. The third-order valence-electron chi connectivity index (χ3n) is 3.15. The lowest BCUT2D eigenvalue weighted by Crippen LogP contribution is -2.12. The van der Waals surface area contributed by atoms with E-state index in [0.29, 0.717) is 34.6 Å². The van der Waals surface area contributed by atoms with Gasteiger partial charge in [0, 0.05) is 28.3 Å². The van der Waals surface area contributed by atoms with Gasteiger partial charge in [-0.3, -0.25) is 10.1 Å². The lowest BCUT2D eigenvalue weighted by atomic mass is 9.92. The molecule has 1 aliphatic carbocycles. The van der Waals surface area contributed by atoms with Crippen LogP contribution in [0.5, 0.6) is 0 Å². The normalized spacial score (nSPS) is 14.7. The molecule has 0 saturated carbocycles. The number of nitro benzene ring substituents is 1. The van der Waals surface area contributed by atoms with Crippen LogP contribution < -0.4 is 0 Å². The zero-order valence-corrected chi connectivity index (χ0v) is 12.2. The van der Waals surface area contributed by atoms with Gasteiger partial charge in [-0.1, -0.05) is 17.7 Å². The second-order valence-electron chi connectivity index (χ2n) is 4.47. The van der Waals surface area contributed by atoms with Crippen LogP contribution in [-0.2, 0) is 9.53 Å². The van der Waals surface area contributed by atoms with Crippen LogP contribution in [0.3, 0.4) is 0 Å². The molecule has 0 N–H and O–H groups in total. The van der Waals surface area contributed by atoms with Crippen LogP contribution >= 0.6 is 11.6 Å². The summed E-state index contributed by atoms with van der Waals surface area (Å²) < 4.78 is 5.05. The van der Waals surface area contributed by atoms with Crippen molar-refractivity contribution in [3.63, 3.8) is 0 Å². The lowest BCUT2D eigenvalue weighted by molar-refractivity contribution is -0.384. The first-order chi connectivity index (χ1) is 10.0. The first-order valence-electron chi connectivity index (χ1n) is 6.55. The minimum absolute atomic E-state index is 0.00653. The summed E-state index contributed by atoms with van der Waals surface area (Å²) in [5.41, 5.74) is 1.77. The van der Waals surface area contributed by atoms with Gasteiger partial charge in [0.1, 0.15) is 0 Å². The number of rotatable bonds is 4. The zero-order chi connectivity index (χ0) is 15.4. The number of hydrogen-bond acceptors (Lipinski definition) is 4. The van der Waals surface area contributed by atoms with E-state index in [1.807, 2.05) is 6.08 Å². The minimum atomic E-state index is -0.470. The number of hydrogen-bond donors (Lipinski definition) is 0. The number of nitrogens with zero attached hydrogens (tertiary/aromatic N) is 1. The number of ether oxygens (including phenoxy) is 1. The second-order valence-corrected chi connectivity index (χ2v) is 4.88. The fourth-order valence-corrected chi connectivity index (χ4v) is 2.53. The number of nitro groups is 1. The summed E-state index contributed by atoms with van der Waals surface area (Å²) in [6, 6.07) is 5.97. The maximum Gasteiger partial charge on any atom is 0.334 e. The van der Waals surface area contributed by atoms with E-state index >= 15 is 0 Å². The monoisotopic (exact) mass is 307 g/mol. The van der Waals surface area contributed by atoms with Crippen LogP contribution in [0.2, 0.25) is 0 Å². The van der Waals surface area contributed by atoms with E-state index < -0.39 is 10.9 Å². The summed E-state index contributed by atoms with van der Waals surface area (Å²) in [5, 5.41) is 11.2. The number of carbonyl (C=O) groups excluding carboxylic acids is 1. The van der Waals surface area contributed by atoms with Gasteiger partial charge < -0.3 is 4.74 Å². The Labute approximate surface area is 127 Å². The molecule has 0 aliphatic heterocycles. The van der Waals surface area contributed by atoms with Crippen molar-refractivity contribution in [3.8, 4) is 0 Å². The first kappa shape index (κ1) is 15.3. The van der Waals surface area contributed by atoms with Crippen LogP contribution in [0.1, 0.15) is 25.3 Å². The highest BCUT2D eigenvalue weighted by Crippen LogP contribution is 2.36. The number of halogens is 1. The summed E-state index contributed by atoms with van der Waals surface area (Å²) in [4.78, 5) is 22.3. The average Bonchev–Trinajstić information content (AvgIpc) is 2.47. The number of allylic oxidation sites excluding steroid dienone is 3. The van der Waals surface area contributed by atoms with Crippen LogP contribution in [-0.4, -0.2) is 17.5 Å². The van der Waals surface area contributed by atoms with Crippen LogP contribution in [0.15, 0.2) is 40.9 Å². The van der Waals surface area contributed by atoms with Crippen LogP contribution in [0, 0.1) is 10.1 Å². The van der Waals surface area contributed by atoms with Crippen molar-refractivity contribution in [1.29, 1.82) is 0 Å². The lowest BCUT2D eigenvalue weighted by Gasteiger charge is -2.18. The molecule has 0 fully saturated rings. The summed E-state index contributed by atoms with van der Waals surface area (Å²) >= 11 is 6.22. The fraction of sp³-hybridized carbons (Fsp3) is 0.267. The van der Waals surface area contributed by atoms with E-state index in [2.05, 4.69) is 0 Å². The van der Waals surface area contributed by atoms with Crippen LogP contribution in [0.25, 0.3) is 5.57 Å². The highest BCUT2D eigenvalue weighted by Gasteiger charge is 2.23. The van der Waals surface area contributed by atoms with Gasteiger partial charge in [0.25, 0.3) is 5.69 Å². The molecule has 0 heterocycles. The van der Waals surface area contributed by atoms with E-state index in [1.54, 1.807) is 19.1 Å². The molecule has 6 heteroatoms. The summed E-state index contributed by atoms with van der Waals surface area (Å²) in [7, 11) is 0. The van der Waals surface area contributed by atoms with Crippen molar-refractivity contribution in [1.82, 2.24) is 0 Å². The molecule has 0 radical (unpaired) electrons. The fourth-order valence-electron chi connectivity index (χ4n) is 2.20. The smallest absolute Gasteiger partial charge is 0.334 e. The molecule has 0 atom stereocenters. The van der Waals surface area contributed by atoms with Crippen molar-refractivity contribution in [2.75, 3.05) is 6.61 Å². The summed E-state index contributed by atoms with van der Waals surface area (Å²) in [6.45, 7) is 2.03. The SMILES string of the molecule is CCOC(=O)C1=C(c2ccc([N+](=O)[O-])cc2)C(Cl)=CCC1. The Balaban J connectivity index is 2.46. The Morgan fingerprint density at radius 1 is 1.38 bits per heavy atom. The second kappa shape index (κ2) is 6.54. The summed E-state index contributed by atoms with van der Waals surface area (Å²) in [5.74, 6) is -0.392. The van der Waals surface area contributed by atoms with Gasteiger partial charge in [-0.2, -0.15) is 0 Å². The molecular weight excluding hydrogens is 294 g/mol. The topological polar surface area (TPSA) is 69.4 Å². The first-order valence-corrected chi connectivity index (χ1v) is 6.93. The zero-order valence-electron chi connectivity index (χ0n) is 11.5. The Hall–Kier alpha value is -2.14. The number of benzene rings is 1. The maximum absolute atomic E-state index is 12.0. The molecule has 1 aromatic carbocycles. The standard InChI is InChI=1S/C15H14ClNO4/c1-2-21-15(18)12-4-3-5-13(16)14(12)10-6-8-11(9-7-10)17(19)20/h5-9H,2-4H2,1H3. The Morgan fingerprint density at radius 3 is 2.62 bits per heavy atom. The molecule has 0 spiro atoms. The van der Waals surface area contributed by atoms with Crippen LogP contribution in [0.4, 0.5) is 5.69 Å². The largest absolute Gasteiger partial charge is 0.463 e.